The van der Waals surface area contributed by atoms with Gasteiger partial charge < -0.3 is 19.7 Å². The lowest BCUT2D eigenvalue weighted by atomic mass is 10.1. The summed E-state index contributed by atoms with van der Waals surface area (Å²) in [6, 6.07) is 7.38. The van der Waals surface area contributed by atoms with E-state index in [1.807, 2.05) is 18.2 Å². The maximum Gasteiger partial charge on any atom is 0.255 e. The number of hydrogen-bond donors (Lipinski definition) is 1. The van der Waals surface area contributed by atoms with Crippen LogP contribution < -0.4 is 5.32 Å². The highest BCUT2D eigenvalue weighted by Crippen LogP contribution is 2.16. The lowest BCUT2D eigenvalue weighted by molar-refractivity contribution is -0.110. The maximum absolute atomic E-state index is 12.3. The van der Waals surface area contributed by atoms with Gasteiger partial charge in [0.25, 0.3) is 5.91 Å². The van der Waals surface area contributed by atoms with E-state index >= 15 is 0 Å². The Bertz CT molecular complexity index is 392. The summed E-state index contributed by atoms with van der Waals surface area (Å²) < 4.78 is 10.2. The number of benzene rings is 1. The average Bonchev–Trinajstić information content (AvgIpc) is 2.43. The van der Waals surface area contributed by atoms with Crippen molar-refractivity contribution in [2.45, 2.75) is 6.29 Å². The summed E-state index contributed by atoms with van der Waals surface area (Å²) in [5.74, 6) is -0.0703. The van der Waals surface area contributed by atoms with Crippen LogP contribution >= 0.6 is 0 Å². The van der Waals surface area contributed by atoms with E-state index in [2.05, 4.69) is 5.32 Å². The Morgan fingerprint density at radius 2 is 1.94 bits per heavy atom. The van der Waals surface area contributed by atoms with E-state index in [9.17, 15) is 4.79 Å². The van der Waals surface area contributed by atoms with Crippen molar-refractivity contribution in [1.29, 1.82) is 0 Å². The molecule has 0 unspecified atom stereocenters. The lowest BCUT2D eigenvalue weighted by Crippen LogP contribution is -2.36. The van der Waals surface area contributed by atoms with E-state index in [0.29, 0.717) is 12.1 Å². The van der Waals surface area contributed by atoms with E-state index in [1.165, 1.54) is 0 Å². The van der Waals surface area contributed by atoms with Crippen LogP contribution in [0, 0.1) is 0 Å². The molecular formula is C13H20N2O3. The molecule has 1 aromatic rings. The Labute approximate surface area is 108 Å². The number of rotatable bonds is 6. The quantitative estimate of drug-likeness (QED) is 0.778. The fourth-order valence-corrected chi connectivity index (χ4v) is 1.65. The van der Waals surface area contributed by atoms with E-state index in [1.54, 1.807) is 39.3 Å². The average molecular weight is 252 g/mol. The first-order valence-corrected chi connectivity index (χ1v) is 5.71. The van der Waals surface area contributed by atoms with Gasteiger partial charge in [-0.3, -0.25) is 4.79 Å². The van der Waals surface area contributed by atoms with Gasteiger partial charge in [-0.15, -0.1) is 0 Å². The van der Waals surface area contributed by atoms with Crippen LogP contribution in [0.15, 0.2) is 24.3 Å². The van der Waals surface area contributed by atoms with Gasteiger partial charge in [-0.2, -0.15) is 0 Å². The van der Waals surface area contributed by atoms with Crippen LogP contribution in [0.1, 0.15) is 10.4 Å². The third kappa shape index (κ3) is 3.45. The third-order valence-corrected chi connectivity index (χ3v) is 2.72. The molecule has 1 amide bonds. The number of likely N-dealkylation sites (N-methyl/N-ethyl adjacent to an activating group) is 1. The Balaban J connectivity index is 2.80. The molecule has 5 nitrogen and oxygen atoms in total. The Hall–Kier alpha value is -1.59. The predicted octanol–water partition coefficient (Wildman–Crippen LogP) is 1.42. The van der Waals surface area contributed by atoms with Crippen molar-refractivity contribution >= 4 is 11.6 Å². The summed E-state index contributed by atoms with van der Waals surface area (Å²) in [7, 11) is 6.61. The Morgan fingerprint density at radius 3 is 2.50 bits per heavy atom. The lowest BCUT2D eigenvalue weighted by Gasteiger charge is -2.23. The van der Waals surface area contributed by atoms with Crippen LogP contribution in [0.4, 0.5) is 5.69 Å². The van der Waals surface area contributed by atoms with Crippen molar-refractivity contribution in [1.82, 2.24) is 4.90 Å². The molecule has 0 aliphatic carbocycles. The first-order valence-electron chi connectivity index (χ1n) is 5.71. The van der Waals surface area contributed by atoms with E-state index in [-0.39, 0.29) is 5.91 Å². The molecule has 0 aromatic heterocycles. The third-order valence-electron chi connectivity index (χ3n) is 2.72. The minimum absolute atomic E-state index is 0.0703. The van der Waals surface area contributed by atoms with Crippen LogP contribution in [0.2, 0.25) is 0 Å². The summed E-state index contributed by atoms with van der Waals surface area (Å²) in [6.07, 6.45) is -0.416. The zero-order chi connectivity index (χ0) is 13.5. The number of amides is 1. The van der Waals surface area contributed by atoms with Crippen molar-refractivity contribution in [3.05, 3.63) is 29.8 Å². The molecule has 18 heavy (non-hydrogen) atoms. The molecule has 1 rings (SSSR count). The summed E-state index contributed by atoms with van der Waals surface area (Å²) in [6.45, 7) is 0.379. The molecule has 0 radical (unpaired) electrons. The smallest absolute Gasteiger partial charge is 0.255 e. The topological polar surface area (TPSA) is 50.8 Å². The number of carbonyl (C=O) groups is 1. The van der Waals surface area contributed by atoms with Crippen LogP contribution in [-0.2, 0) is 9.47 Å². The Kier molecular flexibility index (Phi) is 5.61. The summed E-state index contributed by atoms with van der Waals surface area (Å²) in [4.78, 5) is 13.8. The zero-order valence-electron chi connectivity index (χ0n) is 11.3. The van der Waals surface area contributed by atoms with Crippen molar-refractivity contribution in [2.75, 3.05) is 40.2 Å². The monoisotopic (exact) mass is 252 g/mol. The molecule has 0 aliphatic rings. The predicted molar refractivity (Wildman–Crippen MR) is 70.8 cm³/mol. The van der Waals surface area contributed by atoms with Gasteiger partial charge in [-0.1, -0.05) is 12.1 Å². The molecule has 0 spiro atoms. The van der Waals surface area contributed by atoms with Crippen LogP contribution in [0.25, 0.3) is 0 Å². The number of carbonyl (C=O) groups excluding carboxylic acids is 1. The molecule has 0 saturated heterocycles. The number of anilines is 1. The van der Waals surface area contributed by atoms with Crippen LogP contribution in [0.5, 0.6) is 0 Å². The first kappa shape index (κ1) is 14.5. The maximum atomic E-state index is 12.3. The number of hydrogen-bond acceptors (Lipinski definition) is 4. The molecule has 1 aromatic carbocycles. The Morgan fingerprint density at radius 1 is 1.33 bits per heavy atom. The minimum Gasteiger partial charge on any atom is -0.387 e. The molecular weight excluding hydrogens is 232 g/mol. The van der Waals surface area contributed by atoms with Crippen molar-refractivity contribution in [3.63, 3.8) is 0 Å². The second kappa shape index (κ2) is 6.98. The van der Waals surface area contributed by atoms with Gasteiger partial charge in [0.05, 0.1) is 12.1 Å². The molecule has 0 fully saturated rings. The SMILES string of the molecule is CNc1ccccc1C(=O)N(C)CC(OC)OC. The number of nitrogens with one attached hydrogen (secondary N) is 1. The summed E-state index contributed by atoms with van der Waals surface area (Å²) in [5.41, 5.74) is 1.44. The fourth-order valence-electron chi connectivity index (χ4n) is 1.65. The fraction of sp³-hybridized carbons (Fsp3) is 0.462. The number of methoxy groups -OCH3 is 2. The van der Waals surface area contributed by atoms with Crippen LogP contribution in [-0.4, -0.2) is 52.0 Å². The van der Waals surface area contributed by atoms with E-state index in [4.69, 9.17) is 9.47 Å². The minimum atomic E-state index is -0.416. The summed E-state index contributed by atoms with van der Waals surface area (Å²) >= 11 is 0. The molecule has 0 saturated carbocycles. The van der Waals surface area contributed by atoms with Gasteiger partial charge in [0.2, 0.25) is 0 Å². The molecule has 100 valence electrons. The van der Waals surface area contributed by atoms with Gasteiger partial charge in [0, 0.05) is 34.0 Å². The molecule has 1 N–H and O–H groups in total. The second-order valence-electron chi connectivity index (χ2n) is 3.88. The highest BCUT2D eigenvalue weighted by atomic mass is 16.7. The number of nitrogens with zero attached hydrogens (tertiary/aromatic N) is 1. The molecule has 5 heteroatoms. The van der Waals surface area contributed by atoms with Gasteiger partial charge >= 0.3 is 0 Å². The highest BCUT2D eigenvalue weighted by molar-refractivity contribution is 5.99. The first-order chi connectivity index (χ1) is 8.63. The van der Waals surface area contributed by atoms with E-state index < -0.39 is 6.29 Å². The van der Waals surface area contributed by atoms with Gasteiger partial charge in [-0.05, 0) is 12.1 Å². The molecule has 0 heterocycles. The largest absolute Gasteiger partial charge is 0.387 e. The molecule has 0 atom stereocenters. The van der Waals surface area contributed by atoms with Gasteiger partial charge in [0.15, 0.2) is 6.29 Å². The second-order valence-corrected chi connectivity index (χ2v) is 3.88. The van der Waals surface area contributed by atoms with Crippen molar-refractivity contribution in [2.24, 2.45) is 0 Å². The normalized spacial score (nSPS) is 10.5. The van der Waals surface area contributed by atoms with Crippen molar-refractivity contribution in [3.8, 4) is 0 Å². The number of ether oxygens (including phenoxy) is 2. The van der Waals surface area contributed by atoms with E-state index in [0.717, 1.165) is 5.69 Å². The highest BCUT2D eigenvalue weighted by Gasteiger charge is 2.18. The molecule has 0 aliphatic heterocycles. The summed E-state index contributed by atoms with van der Waals surface area (Å²) in [5, 5.41) is 3.00. The van der Waals surface area contributed by atoms with Gasteiger partial charge in [-0.25, -0.2) is 0 Å². The molecule has 0 bridgehead atoms. The van der Waals surface area contributed by atoms with Crippen LogP contribution in [0.3, 0.4) is 0 Å². The number of para-hydroxylation sites is 1. The zero-order valence-corrected chi connectivity index (χ0v) is 11.3. The van der Waals surface area contributed by atoms with Gasteiger partial charge in [0.1, 0.15) is 0 Å². The standard InChI is InChI=1S/C13H20N2O3/c1-14-11-8-6-5-7-10(11)13(16)15(2)9-12(17-3)18-4/h5-8,12,14H,9H2,1-4H3. The van der Waals surface area contributed by atoms with Crippen molar-refractivity contribution < 1.29 is 14.3 Å².